The minimum absolute atomic E-state index is 0.529. The van der Waals surface area contributed by atoms with Crippen LogP contribution in [0.3, 0.4) is 0 Å². The molecule has 3 aromatic carbocycles. The molecule has 6 nitrogen and oxygen atoms in total. The molecular weight excluding hydrogens is 400 g/mol. The molecule has 166 valence electrons. The average molecular weight is 431 g/mol. The van der Waals surface area contributed by atoms with Crippen LogP contribution in [0, 0.1) is 0 Å². The zero-order valence-corrected chi connectivity index (χ0v) is 18.2. The normalized spacial score (nSPS) is 14.8. The Labute approximate surface area is 189 Å². The number of ether oxygens (including phenoxy) is 1. The summed E-state index contributed by atoms with van der Waals surface area (Å²) in [7, 11) is 0. The van der Waals surface area contributed by atoms with Crippen LogP contribution in [0.2, 0.25) is 0 Å². The first-order valence-corrected chi connectivity index (χ1v) is 11.0. The number of nitrogens with zero attached hydrogens (tertiary/aromatic N) is 2. The molecule has 6 heteroatoms. The number of hydrogen-bond acceptors (Lipinski definition) is 4. The smallest absolute Gasteiger partial charge is 0.316 e. The number of nitrogens with one attached hydrogen (secondary N) is 1. The lowest BCUT2D eigenvalue weighted by atomic mass is 10.1. The second kappa shape index (κ2) is 10.8. The Morgan fingerprint density at radius 3 is 2.09 bits per heavy atom. The Balaban J connectivity index is 1.23. The molecule has 0 atom stereocenters. The number of anilines is 1. The topological polar surface area (TPSA) is 70.8 Å². The maximum Gasteiger partial charge on any atom is 0.316 e. The van der Waals surface area contributed by atoms with Crippen molar-refractivity contribution in [2.45, 2.75) is 19.7 Å². The third-order valence-electron chi connectivity index (χ3n) is 5.71. The summed E-state index contributed by atoms with van der Waals surface area (Å²) in [5, 5.41) is 2.72. The van der Waals surface area contributed by atoms with Crippen molar-refractivity contribution in [3.63, 3.8) is 0 Å². The third-order valence-corrected chi connectivity index (χ3v) is 5.71. The molecule has 0 spiro atoms. The molecule has 1 aliphatic heterocycles. The van der Waals surface area contributed by atoms with E-state index in [1.54, 1.807) is 0 Å². The van der Waals surface area contributed by atoms with Gasteiger partial charge in [-0.15, -0.1) is 0 Å². The molecule has 0 saturated carbocycles. The van der Waals surface area contributed by atoms with E-state index in [0.717, 1.165) is 56.3 Å². The summed E-state index contributed by atoms with van der Waals surface area (Å²) in [6.07, 6.45) is 0. The highest BCUT2D eigenvalue weighted by Gasteiger charge is 2.18. The van der Waals surface area contributed by atoms with E-state index < -0.39 is 6.03 Å². The van der Waals surface area contributed by atoms with Gasteiger partial charge in [0.1, 0.15) is 12.4 Å². The van der Waals surface area contributed by atoms with Crippen molar-refractivity contribution in [2.75, 3.05) is 31.5 Å². The first kappa shape index (κ1) is 21.9. The molecule has 1 heterocycles. The van der Waals surface area contributed by atoms with E-state index in [2.05, 4.69) is 51.5 Å². The number of carbonyl (C=O) groups excluding carboxylic acids is 1. The molecule has 0 radical (unpaired) electrons. The van der Waals surface area contributed by atoms with E-state index in [0.29, 0.717) is 6.61 Å². The molecule has 1 saturated heterocycles. The van der Waals surface area contributed by atoms with Crippen LogP contribution in [-0.2, 0) is 19.7 Å². The van der Waals surface area contributed by atoms with Crippen LogP contribution >= 0.6 is 0 Å². The summed E-state index contributed by atoms with van der Waals surface area (Å²) >= 11 is 0. The number of amides is 2. The van der Waals surface area contributed by atoms with Gasteiger partial charge < -0.3 is 15.8 Å². The van der Waals surface area contributed by atoms with Crippen LogP contribution in [0.25, 0.3) is 0 Å². The lowest BCUT2D eigenvalue weighted by Crippen LogP contribution is -2.45. The molecule has 0 unspecified atom stereocenters. The van der Waals surface area contributed by atoms with Crippen molar-refractivity contribution >= 4 is 11.7 Å². The summed E-state index contributed by atoms with van der Waals surface area (Å²) in [6.45, 7) is 6.33. The minimum Gasteiger partial charge on any atom is -0.489 e. The van der Waals surface area contributed by atoms with Gasteiger partial charge in [0, 0.05) is 45.0 Å². The third kappa shape index (κ3) is 6.33. The van der Waals surface area contributed by atoms with Gasteiger partial charge in [-0.25, -0.2) is 4.79 Å². The van der Waals surface area contributed by atoms with Crippen LogP contribution in [0.4, 0.5) is 10.5 Å². The van der Waals surface area contributed by atoms with Gasteiger partial charge in [-0.3, -0.25) is 9.80 Å². The Hall–Kier alpha value is -3.35. The number of piperazine rings is 1. The van der Waals surface area contributed by atoms with Gasteiger partial charge in [-0.1, -0.05) is 60.7 Å². The number of nitrogens with two attached hydrogens (primary N) is 1. The molecule has 0 aromatic heterocycles. The fourth-order valence-electron chi connectivity index (χ4n) is 3.95. The summed E-state index contributed by atoms with van der Waals surface area (Å²) in [5.74, 6) is 0.894. The quantitative estimate of drug-likeness (QED) is 0.565. The molecule has 3 N–H and O–H groups in total. The number of primary amides is 1. The van der Waals surface area contributed by atoms with Crippen molar-refractivity contribution < 1.29 is 9.53 Å². The van der Waals surface area contributed by atoms with E-state index in [9.17, 15) is 4.79 Å². The molecule has 0 aliphatic carbocycles. The van der Waals surface area contributed by atoms with Crippen molar-refractivity contribution in [2.24, 2.45) is 5.73 Å². The van der Waals surface area contributed by atoms with Gasteiger partial charge >= 0.3 is 6.03 Å². The van der Waals surface area contributed by atoms with Crippen molar-refractivity contribution in [3.05, 3.63) is 95.6 Å². The standard InChI is InChI=1S/C26H30N4O2/c27-26(31)28-25-9-5-4-8-23(25)19-30-16-14-29(15-17-30)18-21-10-12-24(13-11-21)32-20-22-6-2-1-3-7-22/h1-13H,14-20H2,(H3,27,28,31). The van der Waals surface area contributed by atoms with Crippen LogP contribution in [0.15, 0.2) is 78.9 Å². The summed E-state index contributed by atoms with van der Waals surface area (Å²) in [6, 6.07) is 25.9. The van der Waals surface area contributed by atoms with Gasteiger partial charge in [0.25, 0.3) is 0 Å². The molecule has 0 bridgehead atoms. The summed E-state index contributed by atoms with van der Waals surface area (Å²) < 4.78 is 5.89. The Kier molecular flexibility index (Phi) is 7.38. The second-order valence-electron chi connectivity index (χ2n) is 8.12. The fraction of sp³-hybridized carbons (Fsp3) is 0.269. The highest BCUT2D eigenvalue weighted by molar-refractivity contribution is 5.88. The molecule has 32 heavy (non-hydrogen) atoms. The highest BCUT2D eigenvalue weighted by Crippen LogP contribution is 2.19. The average Bonchev–Trinajstić information content (AvgIpc) is 2.81. The zero-order valence-electron chi connectivity index (χ0n) is 18.2. The lowest BCUT2D eigenvalue weighted by Gasteiger charge is -2.35. The van der Waals surface area contributed by atoms with E-state index in [-0.39, 0.29) is 0 Å². The van der Waals surface area contributed by atoms with Crippen LogP contribution in [0.1, 0.15) is 16.7 Å². The number of rotatable bonds is 8. The molecule has 1 fully saturated rings. The number of carbonyl (C=O) groups is 1. The Bertz CT molecular complexity index is 1000. The Morgan fingerprint density at radius 1 is 0.781 bits per heavy atom. The van der Waals surface area contributed by atoms with Crippen LogP contribution in [0.5, 0.6) is 5.75 Å². The lowest BCUT2D eigenvalue weighted by molar-refractivity contribution is 0.122. The highest BCUT2D eigenvalue weighted by atomic mass is 16.5. The zero-order chi connectivity index (χ0) is 22.2. The molecule has 3 aromatic rings. The first-order valence-electron chi connectivity index (χ1n) is 11.0. The van der Waals surface area contributed by atoms with Gasteiger partial charge in [0.05, 0.1) is 0 Å². The molecular formula is C26H30N4O2. The number of para-hydroxylation sites is 1. The number of urea groups is 1. The van der Waals surface area contributed by atoms with Gasteiger partial charge in [-0.2, -0.15) is 0 Å². The van der Waals surface area contributed by atoms with E-state index in [4.69, 9.17) is 10.5 Å². The van der Waals surface area contributed by atoms with E-state index in [1.165, 1.54) is 11.1 Å². The first-order chi connectivity index (χ1) is 15.7. The SMILES string of the molecule is NC(=O)Nc1ccccc1CN1CCN(Cc2ccc(OCc3ccccc3)cc2)CC1. The maximum absolute atomic E-state index is 11.2. The van der Waals surface area contributed by atoms with E-state index >= 15 is 0 Å². The van der Waals surface area contributed by atoms with Crippen LogP contribution in [-0.4, -0.2) is 42.0 Å². The number of hydrogen-bond donors (Lipinski definition) is 2. The second-order valence-corrected chi connectivity index (χ2v) is 8.12. The van der Waals surface area contributed by atoms with Gasteiger partial charge in [0.2, 0.25) is 0 Å². The predicted molar refractivity (Wildman–Crippen MR) is 127 cm³/mol. The fourth-order valence-corrected chi connectivity index (χ4v) is 3.95. The van der Waals surface area contributed by atoms with Crippen LogP contribution < -0.4 is 15.8 Å². The van der Waals surface area contributed by atoms with Gasteiger partial charge in [-0.05, 0) is 34.9 Å². The van der Waals surface area contributed by atoms with Crippen molar-refractivity contribution in [1.29, 1.82) is 0 Å². The monoisotopic (exact) mass is 430 g/mol. The van der Waals surface area contributed by atoms with Crippen molar-refractivity contribution in [1.82, 2.24) is 9.80 Å². The predicted octanol–water partition coefficient (Wildman–Crippen LogP) is 4.07. The largest absolute Gasteiger partial charge is 0.489 e. The number of benzene rings is 3. The molecule has 1 aliphatic rings. The van der Waals surface area contributed by atoms with Crippen molar-refractivity contribution in [3.8, 4) is 5.75 Å². The Morgan fingerprint density at radius 2 is 1.41 bits per heavy atom. The molecule has 2 amide bonds. The summed E-state index contributed by atoms with van der Waals surface area (Å²) in [5.41, 5.74) is 9.63. The van der Waals surface area contributed by atoms with Gasteiger partial charge in [0.15, 0.2) is 0 Å². The maximum atomic E-state index is 11.2. The molecule has 4 rings (SSSR count). The minimum atomic E-state index is -0.529. The van der Waals surface area contributed by atoms with E-state index in [1.807, 2.05) is 42.5 Å². The summed E-state index contributed by atoms with van der Waals surface area (Å²) in [4.78, 5) is 16.1.